The summed E-state index contributed by atoms with van der Waals surface area (Å²) in [6, 6.07) is 7.06. The first kappa shape index (κ1) is 14.8. The quantitative estimate of drug-likeness (QED) is 0.883. The molecule has 0 aromatic heterocycles. The lowest BCUT2D eigenvalue weighted by Gasteiger charge is -2.65. The van der Waals surface area contributed by atoms with Gasteiger partial charge in [-0.3, -0.25) is 4.79 Å². The molecule has 1 aliphatic carbocycles. The van der Waals surface area contributed by atoms with Gasteiger partial charge in [0, 0.05) is 28.6 Å². The zero-order chi connectivity index (χ0) is 15.3. The number of fused-ring (bicyclic) bond motifs is 1. The lowest BCUT2D eigenvalue weighted by atomic mass is 9.46. The molecule has 1 heterocycles. The molecule has 3 atom stereocenters. The lowest BCUT2D eigenvalue weighted by molar-refractivity contribution is -0.222. The van der Waals surface area contributed by atoms with Crippen LogP contribution in [-0.4, -0.2) is 24.2 Å². The molecule has 1 aromatic rings. The number of benzene rings is 1. The molecule has 0 bridgehead atoms. The number of ether oxygens (including phenoxy) is 1. The van der Waals surface area contributed by atoms with Crippen molar-refractivity contribution < 1.29 is 9.53 Å². The molecule has 114 valence electrons. The van der Waals surface area contributed by atoms with Crippen LogP contribution in [0.1, 0.15) is 26.7 Å². The van der Waals surface area contributed by atoms with Crippen molar-refractivity contribution in [2.24, 2.45) is 17.1 Å². The summed E-state index contributed by atoms with van der Waals surface area (Å²) >= 11 is 5.86. The Labute approximate surface area is 130 Å². The van der Waals surface area contributed by atoms with Gasteiger partial charge in [-0.25, -0.2) is 0 Å². The Balaban J connectivity index is 1.81. The second-order valence-electron chi connectivity index (χ2n) is 6.59. The molecule has 1 saturated carbocycles. The van der Waals surface area contributed by atoms with Gasteiger partial charge in [0.05, 0.1) is 6.10 Å². The van der Waals surface area contributed by atoms with Gasteiger partial charge < -0.3 is 15.8 Å². The number of nitrogens with one attached hydrogen (secondary N) is 1. The van der Waals surface area contributed by atoms with E-state index in [1.165, 1.54) is 0 Å². The fraction of sp³-hybridized carbons (Fsp3) is 0.562. The van der Waals surface area contributed by atoms with Gasteiger partial charge in [0.25, 0.3) is 0 Å². The van der Waals surface area contributed by atoms with E-state index in [0.717, 1.165) is 19.4 Å². The van der Waals surface area contributed by atoms with Crippen LogP contribution in [0.5, 0.6) is 0 Å². The Morgan fingerprint density at radius 1 is 1.38 bits per heavy atom. The summed E-state index contributed by atoms with van der Waals surface area (Å²) in [7, 11) is 0. The minimum atomic E-state index is -0.891. The zero-order valence-electron chi connectivity index (χ0n) is 12.4. The maximum atomic E-state index is 12.7. The fourth-order valence-electron chi connectivity index (χ4n) is 3.80. The van der Waals surface area contributed by atoms with Crippen molar-refractivity contribution in [3.05, 3.63) is 29.3 Å². The Morgan fingerprint density at radius 3 is 2.71 bits per heavy atom. The van der Waals surface area contributed by atoms with Crippen molar-refractivity contribution in [3.63, 3.8) is 0 Å². The molecule has 0 radical (unpaired) electrons. The molecular formula is C16H21ClN2O2. The Hall–Kier alpha value is -1.10. The molecule has 2 aliphatic rings. The van der Waals surface area contributed by atoms with E-state index in [2.05, 4.69) is 5.32 Å². The van der Waals surface area contributed by atoms with E-state index in [1.54, 1.807) is 24.3 Å². The predicted octanol–water partition coefficient (Wildman–Crippen LogP) is 2.81. The third-order valence-electron chi connectivity index (χ3n) is 5.16. The molecule has 1 aromatic carbocycles. The van der Waals surface area contributed by atoms with E-state index in [1.807, 2.05) is 13.8 Å². The fourth-order valence-corrected chi connectivity index (χ4v) is 3.93. The van der Waals surface area contributed by atoms with Crippen LogP contribution < -0.4 is 11.1 Å². The average molecular weight is 309 g/mol. The number of amides is 1. The van der Waals surface area contributed by atoms with E-state index in [4.69, 9.17) is 22.1 Å². The number of halogens is 1. The molecule has 21 heavy (non-hydrogen) atoms. The Morgan fingerprint density at radius 2 is 2.05 bits per heavy atom. The zero-order valence-corrected chi connectivity index (χ0v) is 13.1. The second-order valence-corrected chi connectivity index (χ2v) is 7.03. The van der Waals surface area contributed by atoms with Gasteiger partial charge in [-0.2, -0.15) is 0 Å². The molecule has 5 heteroatoms. The van der Waals surface area contributed by atoms with Crippen LogP contribution in [0.15, 0.2) is 24.3 Å². The molecule has 2 fully saturated rings. The SMILES string of the molecule is CC1(C)C2OCCCC2C1(N)C(=O)Nc1ccc(Cl)cc1. The van der Waals surface area contributed by atoms with Gasteiger partial charge in [-0.15, -0.1) is 0 Å². The lowest BCUT2D eigenvalue weighted by Crippen LogP contribution is -2.81. The summed E-state index contributed by atoms with van der Waals surface area (Å²) in [6.45, 7) is 4.79. The monoisotopic (exact) mass is 308 g/mol. The molecule has 1 saturated heterocycles. The highest BCUT2D eigenvalue weighted by molar-refractivity contribution is 6.30. The normalized spacial score (nSPS) is 33.7. The molecule has 3 N–H and O–H groups in total. The van der Waals surface area contributed by atoms with Crippen molar-refractivity contribution in [3.8, 4) is 0 Å². The largest absolute Gasteiger partial charge is 0.377 e. The van der Waals surface area contributed by atoms with Gasteiger partial charge in [0.2, 0.25) is 5.91 Å². The van der Waals surface area contributed by atoms with Gasteiger partial charge in [-0.1, -0.05) is 25.4 Å². The number of nitrogens with two attached hydrogens (primary N) is 1. The van der Waals surface area contributed by atoms with Crippen molar-refractivity contribution >= 4 is 23.2 Å². The first-order valence-electron chi connectivity index (χ1n) is 7.35. The molecule has 1 amide bonds. The van der Waals surface area contributed by atoms with Crippen LogP contribution in [0.3, 0.4) is 0 Å². The van der Waals surface area contributed by atoms with Crippen LogP contribution >= 0.6 is 11.6 Å². The van der Waals surface area contributed by atoms with Gasteiger partial charge in [0.15, 0.2) is 0 Å². The third kappa shape index (κ3) is 2.08. The van der Waals surface area contributed by atoms with Gasteiger partial charge in [0.1, 0.15) is 5.54 Å². The van der Waals surface area contributed by atoms with Crippen LogP contribution in [0.4, 0.5) is 5.69 Å². The summed E-state index contributed by atoms with van der Waals surface area (Å²) < 4.78 is 5.83. The Bertz CT molecular complexity index is 558. The highest BCUT2D eigenvalue weighted by Crippen LogP contribution is 2.57. The molecule has 4 nitrogen and oxygen atoms in total. The molecule has 1 aliphatic heterocycles. The van der Waals surface area contributed by atoms with Crippen LogP contribution in [0.2, 0.25) is 5.02 Å². The standard InChI is InChI=1S/C16H21ClN2O2/c1-15(2)13-12(4-3-9-21-13)16(15,18)14(20)19-11-7-5-10(17)6-8-11/h5-8,12-13H,3-4,9,18H2,1-2H3,(H,19,20). The maximum Gasteiger partial charge on any atom is 0.245 e. The number of hydrogen-bond donors (Lipinski definition) is 2. The summed E-state index contributed by atoms with van der Waals surface area (Å²) in [5.41, 5.74) is 5.99. The molecule has 0 spiro atoms. The number of carbonyl (C=O) groups is 1. The second kappa shape index (κ2) is 4.97. The predicted molar refractivity (Wildman–Crippen MR) is 83.2 cm³/mol. The van der Waals surface area contributed by atoms with E-state index in [0.29, 0.717) is 10.7 Å². The van der Waals surface area contributed by atoms with Crippen molar-refractivity contribution in [2.45, 2.75) is 38.3 Å². The first-order valence-corrected chi connectivity index (χ1v) is 7.72. The van der Waals surface area contributed by atoms with Crippen molar-refractivity contribution in [1.29, 1.82) is 0 Å². The van der Waals surface area contributed by atoms with E-state index < -0.39 is 5.54 Å². The number of rotatable bonds is 2. The highest BCUT2D eigenvalue weighted by atomic mass is 35.5. The third-order valence-corrected chi connectivity index (χ3v) is 5.41. The maximum absolute atomic E-state index is 12.7. The minimum Gasteiger partial charge on any atom is -0.377 e. The van der Waals surface area contributed by atoms with E-state index in [-0.39, 0.29) is 23.3 Å². The first-order chi connectivity index (χ1) is 9.87. The number of anilines is 1. The van der Waals surface area contributed by atoms with Crippen LogP contribution in [-0.2, 0) is 9.53 Å². The van der Waals surface area contributed by atoms with Crippen LogP contribution in [0.25, 0.3) is 0 Å². The number of carbonyl (C=O) groups excluding carboxylic acids is 1. The van der Waals surface area contributed by atoms with E-state index >= 15 is 0 Å². The van der Waals surface area contributed by atoms with E-state index in [9.17, 15) is 4.79 Å². The van der Waals surface area contributed by atoms with Crippen LogP contribution in [0, 0.1) is 11.3 Å². The summed E-state index contributed by atoms with van der Waals surface area (Å²) in [6.07, 6.45) is 1.98. The molecule has 3 rings (SSSR count). The minimum absolute atomic E-state index is 0.0761. The van der Waals surface area contributed by atoms with Crippen molar-refractivity contribution in [1.82, 2.24) is 0 Å². The summed E-state index contributed by atoms with van der Waals surface area (Å²) in [5.74, 6) is -0.0462. The van der Waals surface area contributed by atoms with Gasteiger partial charge in [-0.05, 0) is 37.1 Å². The van der Waals surface area contributed by atoms with Crippen molar-refractivity contribution in [2.75, 3.05) is 11.9 Å². The Kier molecular flexibility index (Phi) is 3.51. The smallest absolute Gasteiger partial charge is 0.245 e. The average Bonchev–Trinajstić information content (AvgIpc) is 2.48. The number of hydrogen-bond acceptors (Lipinski definition) is 3. The van der Waals surface area contributed by atoms with Gasteiger partial charge >= 0.3 is 0 Å². The molecule has 3 unspecified atom stereocenters. The topological polar surface area (TPSA) is 64.3 Å². The highest BCUT2D eigenvalue weighted by Gasteiger charge is 2.70. The summed E-state index contributed by atoms with van der Waals surface area (Å²) in [4.78, 5) is 12.7. The molecular weight excluding hydrogens is 288 g/mol. The summed E-state index contributed by atoms with van der Waals surface area (Å²) in [5, 5.41) is 3.56.